The summed E-state index contributed by atoms with van der Waals surface area (Å²) in [5, 5.41) is 0. The summed E-state index contributed by atoms with van der Waals surface area (Å²) in [5.41, 5.74) is 0. The molecule has 0 aliphatic carbocycles. The summed E-state index contributed by atoms with van der Waals surface area (Å²) in [6.45, 7) is 4.31. The quantitative estimate of drug-likeness (QED) is 0.0164. The van der Waals surface area contributed by atoms with E-state index in [1.54, 1.807) is 0 Å². The number of phosphoric acid groups is 1. The van der Waals surface area contributed by atoms with Crippen LogP contribution in [0.25, 0.3) is 0 Å². The lowest BCUT2D eigenvalue weighted by molar-refractivity contribution is -0.870. The standard InChI is InChI=1S/C43H78NO9P/c1-6-8-10-11-12-13-14-15-19-22-25-29-33-42(45)49-37-39(38-51-54(47,48)50-36-35-44(3,4)5)52-43(46)34-30-26-23-20-17-16-18-21-24-28-32-41-40(53-41)31-27-9-7-2/h16,18,20,23-24,28,39-41H,6-15,17,19,21-22,25-27,29-38H2,1-5H3/p+1/b18-16-,23-20-,28-24-/t39-,40?,41?/m1/s1. The van der Waals surface area contributed by atoms with E-state index >= 15 is 0 Å². The number of quaternary nitrogens is 1. The lowest BCUT2D eigenvalue weighted by Gasteiger charge is -2.24. The van der Waals surface area contributed by atoms with Crippen LogP contribution in [0.2, 0.25) is 0 Å². The third-order valence-electron chi connectivity index (χ3n) is 9.35. The van der Waals surface area contributed by atoms with E-state index in [1.807, 2.05) is 27.2 Å². The number of unbranched alkanes of at least 4 members (excludes halogenated alkanes) is 14. The number of nitrogens with zero attached hydrogens (tertiary/aromatic N) is 1. The molecule has 1 rings (SSSR count). The Bertz CT molecular complexity index is 1090. The second-order valence-electron chi connectivity index (χ2n) is 15.8. The number of esters is 2. The summed E-state index contributed by atoms with van der Waals surface area (Å²) in [5.74, 6) is -0.868. The molecular weight excluding hydrogens is 705 g/mol. The number of epoxide rings is 1. The molecule has 0 amide bonds. The smallest absolute Gasteiger partial charge is 0.462 e. The fraction of sp³-hybridized carbons (Fsp3) is 0.814. The zero-order valence-electron chi connectivity index (χ0n) is 34.9. The molecule has 0 aromatic rings. The first-order chi connectivity index (χ1) is 26.0. The van der Waals surface area contributed by atoms with Crippen LogP contribution in [0.5, 0.6) is 0 Å². The summed E-state index contributed by atoms with van der Waals surface area (Å²) in [6, 6.07) is 0. The monoisotopic (exact) mass is 785 g/mol. The van der Waals surface area contributed by atoms with E-state index in [4.69, 9.17) is 23.3 Å². The molecule has 1 fully saturated rings. The minimum Gasteiger partial charge on any atom is -0.462 e. The highest BCUT2D eigenvalue weighted by Crippen LogP contribution is 2.43. The average Bonchev–Trinajstić information content (AvgIpc) is 3.87. The molecule has 0 saturated carbocycles. The number of hydrogen-bond acceptors (Lipinski definition) is 8. The van der Waals surface area contributed by atoms with E-state index in [2.05, 4.69) is 44.2 Å². The third-order valence-corrected chi connectivity index (χ3v) is 10.3. The van der Waals surface area contributed by atoms with Gasteiger partial charge in [-0.15, -0.1) is 0 Å². The van der Waals surface area contributed by atoms with Gasteiger partial charge in [-0.05, 0) is 44.9 Å². The van der Waals surface area contributed by atoms with Gasteiger partial charge < -0.3 is 23.6 Å². The van der Waals surface area contributed by atoms with Gasteiger partial charge in [0.2, 0.25) is 0 Å². The number of carbonyl (C=O) groups is 2. The molecule has 1 aliphatic heterocycles. The van der Waals surface area contributed by atoms with E-state index < -0.39 is 26.5 Å². The number of ether oxygens (including phenoxy) is 3. The van der Waals surface area contributed by atoms with Gasteiger partial charge in [-0.2, -0.15) is 0 Å². The van der Waals surface area contributed by atoms with Gasteiger partial charge in [-0.1, -0.05) is 140 Å². The Kier molecular flexibility index (Phi) is 30.0. The Hall–Kier alpha value is -1.81. The predicted octanol–water partition coefficient (Wildman–Crippen LogP) is 10.7. The first kappa shape index (κ1) is 50.2. The van der Waals surface area contributed by atoms with Crippen LogP contribution in [0, 0.1) is 0 Å². The van der Waals surface area contributed by atoms with Crippen LogP contribution >= 0.6 is 7.82 Å². The van der Waals surface area contributed by atoms with Crippen LogP contribution in [0.1, 0.15) is 162 Å². The average molecular weight is 785 g/mol. The number of hydrogen-bond donors (Lipinski definition) is 1. The molecule has 4 atom stereocenters. The molecule has 0 aromatic heterocycles. The summed E-state index contributed by atoms with van der Waals surface area (Å²) >= 11 is 0. The lowest BCUT2D eigenvalue weighted by atomic mass is 10.0. The van der Waals surface area contributed by atoms with Gasteiger partial charge in [0.25, 0.3) is 0 Å². The molecule has 0 radical (unpaired) electrons. The molecule has 1 saturated heterocycles. The van der Waals surface area contributed by atoms with Crippen molar-refractivity contribution in [1.82, 2.24) is 0 Å². The van der Waals surface area contributed by atoms with Crippen molar-refractivity contribution in [2.45, 2.75) is 180 Å². The predicted molar refractivity (Wildman–Crippen MR) is 219 cm³/mol. The molecule has 3 unspecified atom stereocenters. The van der Waals surface area contributed by atoms with Gasteiger partial charge in [0, 0.05) is 12.8 Å². The van der Waals surface area contributed by atoms with Gasteiger partial charge in [-0.3, -0.25) is 18.6 Å². The van der Waals surface area contributed by atoms with Gasteiger partial charge in [0.15, 0.2) is 6.10 Å². The van der Waals surface area contributed by atoms with Gasteiger partial charge >= 0.3 is 19.8 Å². The van der Waals surface area contributed by atoms with Crippen molar-refractivity contribution >= 4 is 19.8 Å². The molecular formula is C43H79NO9P+. The van der Waals surface area contributed by atoms with Crippen molar-refractivity contribution < 1.29 is 46.8 Å². The summed E-state index contributed by atoms with van der Waals surface area (Å²) in [4.78, 5) is 35.3. The highest BCUT2D eigenvalue weighted by atomic mass is 31.2. The fourth-order valence-electron chi connectivity index (χ4n) is 5.86. The van der Waals surface area contributed by atoms with E-state index in [1.165, 1.54) is 83.5 Å². The Morgan fingerprint density at radius 2 is 1.24 bits per heavy atom. The molecule has 0 spiro atoms. The highest BCUT2D eigenvalue weighted by molar-refractivity contribution is 7.47. The maximum Gasteiger partial charge on any atom is 0.472 e. The van der Waals surface area contributed by atoms with Crippen LogP contribution in [-0.2, 0) is 37.4 Å². The maximum absolute atomic E-state index is 12.7. The number of phosphoric ester groups is 1. The van der Waals surface area contributed by atoms with Gasteiger partial charge in [-0.25, -0.2) is 4.57 Å². The van der Waals surface area contributed by atoms with E-state index in [0.29, 0.717) is 36.1 Å². The van der Waals surface area contributed by atoms with Crippen LogP contribution in [-0.4, -0.2) is 87.1 Å². The normalized spacial score (nSPS) is 17.7. The Morgan fingerprint density at radius 3 is 1.87 bits per heavy atom. The second kappa shape index (κ2) is 32.3. The van der Waals surface area contributed by atoms with Gasteiger partial charge in [0.1, 0.15) is 19.8 Å². The molecule has 1 aliphatic rings. The molecule has 0 bridgehead atoms. The van der Waals surface area contributed by atoms with Crippen molar-refractivity contribution in [3.63, 3.8) is 0 Å². The number of likely N-dealkylation sites (N-methyl/N-ethyl adjacent to an activating group) is 1. The van der Waals surface area contributed by atoms with Crippen LogP contribution in [0.3, 0.4) is 0 Å². The zero-order valence-corrected chi connectivity index (χ0v) is 35.8. The fourth-order valence-corrected chi connectivity index (χ4v) is 6.61. The van der Waals surface area contributed by atoms with Crippen molar-refractivity contribution in [3.05, 3.63) is 36.5 Å². The largest absolute Gasteiger partial charge is 0.472 e. The topological polar surface area (TPSA) is 121 Å². The van der Waals surface area contributed by atoms with Crippen molar-refractivity contribution in [1.29, 1.82) is 0 Å². The molecule has 1 N–H and O–H groups in total. The summed E-state index contributed by atoms with van der Waals surface area (Å²) in [7, 11) is 1.43. The van der Waals surface area contributed by atoms with Crippen LogP contribution in [0.15, 0.2) is 36.5 Å². The van der Waals surface area contributed by atoms with Crippen molar-refractivity contribution in [2.75, 3.05) is 47.5 Å². The van der Waals surface area contributed by atoms with Crippen LogP contribution < -0.4 is 0 Å². The molecule has 10 nitrogen and oxygen atoms in total. The Labute approximate surface area is 329 Å². The molecule has 0 aromatic carbocycles. The second-order valence-corrected chi connectivity index (χ2v) is 17.2. The molecule has 1 heterocycles. The van der Waals surface area contributed by atoms with E-state index in [0.717, 1.165) is 38.5 Å². The minimum atomic E-state index is -4.39. The first-order valence-electron chi connectivity index (χ1n) is 21.3. The molecule has 314 valence electrons. The Morgan fingerprint density at radius 1 is 0.685 bits per heavy atom. The Balaban J connectivity index is 2.33. The number of rotatable bonds is 37. The number of allylic oxidation sites excluding steroid dienone is 5. The highest BCUT2D eigenvalue weighted by Gasteiger charge is 2.36. The zero-order chi connectivity index (χ0) is 39.8. The summed E-state index contributed by atoms with van der Waals surface area (Å²) < 4.78 is 39.9. The van der Waals surface area contributed by atoms with E-state index in [-0.39, 0.29) is 32.0 Å². The van der Waals surface area contributed by atoms with Crippen molar-refractivity contribution in [3.8, 4) is 0 Å². The molecule has 54 heavy (non-hydrogen) atoms. The molecule has 11 heteroatoms. The van der Waals surface area contributed by atoms with E-state index in [9.17, 15) is 19.0 Å². The SMILES string of the molecule is CCCCCCCCCCCCCCC(=O)OC[C@H](COP(=O)(O)OCC[N+](C)(C)C)OC(=O)CCC/C=C\C/C=C\C/C=C\CC1OC1CCCCC. The minimum absolute atomic E-state index is 0.0198. The maximum atomic E-state index is 12.7. The third kappa shape index (κ3) is 32.4. The summed E-state index contributed by atoms with van der Waals surface area (Å²) in [6.07, 6.45) is 36.6. The number of carbonyl (C=O) groups excluding carboxylic acids is 2. The van der Waals surface area contributed by atoms with Gasteiger partial charge in [0.05, 0.1) is 40.0 Å². The lowest BCUT2D eigenvalue weighted by Crippen LogP contribution is -2.37. The van der Waals surface area contributed by atoms with Crippen molar-refractivity contribution in [2.24, 2.45) is 0 Å². The first-order valence-corrected chi connectivity index (χ1v) is 22.8. The van der Waals surface area contributed by atoms with Crippen LogP contribution in [0.4, 0.5) is 0 Å².